The maximum Gasteiger partial charge on any atom is 0.275 e. The Bertz CT molecular complexity index is 437. The molecule has 0 amide bonds. The van der Waals surface area contributed by atoms with E-state index < -0.39 is 4.92 Å². The molecule has 6 nitrogen and oxygen atoms in total. The van der Waals surface area contributed by atoms with E-state index in [1.54, 1.807) is 13.2 Å². The summed E-state index contributed by atoms with van der Waals surface area (Å²) in [5, 5.41) is 14.2. The molecule has 112 valence electrons. The van der Waals surface area contributed by atoms with Gasteiger partial charge >= 0.3 is 0 Å². The van der Waals surface area contributed by atoms with Gasteiger partial charge in [0.05, 0.1) is 24.2 Å². The van der Waals surface area contributed by atoms with E-state index in [1.165, 1.54) is 12.1 Å². The Hall–Kier alpha value is -1.82. The van der Waals surface area contributed by atoms with Crippen LogP contribution in [0.15, 0.2) is 18.2 Å². The lowest BCUT2D eigenvalue weighted by Gasteiger charge is -2.17. The monoisotopic (exact) mass is 282 g/mol. The third-order valence-electron chi connectivity index (χ3n) is 2.81. The maximum absolute atomic E-state index is 11.0. The fraction of sp³-hybridized carbons (Fsp3) is 0.571. The summed E-state index contributed by atoms with van der Waals surface area (Å²) in [6.45, 7) is 5.10. The largest absolute Gasteiger partial charge is 0.493 e. The molecule has 1 unspecified atom stereocenters. The molecule has 1 aromatic rings. The van der Waals surface area contributed by atoms with Crippen LogP contribution in [-0.2, 0) is 4.74 Å². The smallest absolute Gasteiger partial charge is 0.275 e. The van der Waals surface area contributed by atoms with Crippen LogP contribution in [0.1, 0.15) is 26.7 Å². The van der Waals surface area contributed by atoms with Gasteiger partial charge in [0.25, 0.3) is 5.69 Å². The lowest BCUT2D eigenvalue weighted by molar-refractivity contribution is -0.384. The molecule has 1 N–H and O–H groups in total. The first-order valence-electron chi connectivity index (χ1n) is 6.78. The molecule has 0 heterocycles. The van der Waals surface area contributed by atoms with Gasteiger partial charge in [-0.3, -0.25) is 10.1 Å². The zero-order valence-corrected chi connectivity index (χ0v) is 12.2. The van der Waals surface area contributed by atoms with Crippen LogP contribution in [0.3, 0.4) is 0 Å². The van der Waals surface area contributed by atoms with E-state index in [9.17, 15) is 10.1 Å². The zero-order chi connectivity index (χ0) is 15.0. The predicted molar refractivity (Wildman–Crippen MR) is 78.5 cm³/mol. The highest BCUT2D eigenvalue weighted by Gasteiger charge is 2.13. The van der Waals surface area contributed by atoms with Crippen molar-refractivity contribution < 1.29 is 14.4 Å². The van der Waals surface area contributed by atoms with Crippen LogP contribution < -0.4 is 10.1 Å². The topological polar surface area (TPSA) is 73.6 Å². The lowest BCUT2D eigenvalue weighted by Crippen LogP contribution is -2.23. The van der Waals surface area contributed by atoms with Crippen LogP contribution in [0.5, 0.6) is 5.75 Å². The van der Waals surface area contributed by atoms with Gasteiger partial charge in [0, 0.05) is 31.0 Å². The fourth-order valence-electron chi connectivity index (χ4n) is 1.77. The van der Waals surface area contributed by atoms with Crippen molar-refractivity contribution in [1.82, 2.24) is 0 Å². The molecule has 0 aliphatic heterocycles. The van der Waals surface area contributed by atoms with Gasteiger partial charge in [-0.2, -0.15) is 0 Å². The molecule has 0 saturated carbocycles. The Kier molecular flexibility index (Phi) is 6.79. The quantitative estimate of drug-likeness (QED) is 0.556. The number of nitrogens with zero attached hydrogens (tertiary/aromatic N) is 1. The Morgan fingerprint density at radius 2 is 2.10 bits per heavy atom. The van der Waals surface area contributed by atoms with Crippen LogP contribution in [0.2, 0.25) is 0 Å². The van der Waals surface area contributed by atoms with Crippen molar-refractivity contribution in [3.05, 3.63) is 28.3 Å². The predicted octanol–water partition coefficient (Wildman–Crippen LogP) is 3.22. The van der Waals surface area contributed by atoms with Gasteiger partial charge < -0.3 is 14.8 Å². The number of benzene rings is 1. The van der Waals surface area contributed by atoms with Crippen molar-refractivity contribution in [2.24, 2.45) is 0 Å². The zero-order valence-electron chi connectivity index (χ0n) is 12.2. The van der Waals surface area contributed by atoms with Crippen molar-refractivity contribution in [3.8, 4) is 5.75 Å². The van der Waals surface area contributed by atoms with Crippen molar-refractivity contribution in [1.29, 1.82) is 0 Å². The van der Waals surface area contributed by atoms with Crippen molar-refractivity contribution in [2.75, 3.05) is 25.6 Å². The molecule has 1 atom stereocenters. The summed E-state index contributed by atoms with van der Waals surface area (Å²) >= 11 is 0. The second-order valence-electron chi connectivity index (χ2n) is 4.53. The number of non-ortho nitro benzene ring substituents is 1. The normalized spacial score (nSPS) is 11.9. The van der Waals surface area contributed by atoms with Crippen LogP contribution in [-0.4, -0.2) is 31.3 Å². The molecular formula is C14H22N2O4. The molecular weight excluding hydrogens is 260 g/mol. The van der Waals surface area contributed by atoms with Crippen LogP contribution >= 0.6 is 0 Å². The van der Waals surface area contributed by atoms with Gasteiger partial charge in [-0.15, -0.1) is 0 Å². The Balaban J connectivity index is 2.92. The summed E-state index contributed by atoms with van der Waals surface area (Å²) in [6.07, 6.45) is 1.72. The van der Waals surface area contributed by atoms with Gasteiger partial charge in [-0.25, -0.2) is 0 Å². The van der Waals surface area contributed by atoms with Gasteiger partial charge in [0.1, 0.15) is 5.75 Å². The number of hydrogen-bond acceptors (Lipinski definition) is 5. The molecule has 0 saturated heterocycles. The Morgan fingerprint density at radius 1 is 1.35 bits per heavy atom. The Morgan fingerprint density at radius 3 is 2.65 bits per heavy atom. The van der Waals surface area contributed by atoms with Crippen LogP contribution in [0.25, 0.3) is 0 Å². The van der Waals surface area contributed by atoms with E-state index in [1.807, 2.05) is 13.8 Å². The first kappa shape index (κ1) is 16.2. The van der Waals surface area contributed by atoms with Gasteiger partial charge in [0.15, 0.2) is 0 Å². The van der Waals surface area contributed by atoms with E-state index in [0.717, 1.165) is 12.8 Å². The molecule has 1 rings (SSSR count). The molecule has 0 aromatic heterocycles. The summed E-state index contributed by atoms with van der Waals surface area (Å²) in [5.74, 6) is 0.510. The number of nitro benzene ring substituents is 1. The molecule has 0 bridgehead atoms. The van der Waals surface area contributed by atoms with Gasteiger partial charge in [-0.05, 0) is 12.8 Å². The molecule has 1 aromatic carbocycles. The SMILES string of the molecule is CCCOc1cc(NC(CC)COC)cc([N+](=O)[O-])c1. The average molecular weight is 282 g/mol. The van der Waals surface area contributed by atoms with Crippen LogP contribution in [0.4, 0.5) is 11.4 Å². The molecule has 0 fully saturated rings. The number of ether oxygens (including phenoxy) is 2. The summed E-state index contributed by atoms with van der Waals surface area (Å²) in [4.78, 5) is 10.5. The Labute approximate surface area is 119 Å². The number of hydrogen-bond donors (Lipinski definition) is 1. The highest BCUT2D eigenvalue weighted by Crippen LogP contribution is 2.27. The number of anilines is 1. The fourth-order valence-corrected chi connectivity index (χ4v) is 1.77. The summed E-state index contributed by atoms with van der Waals surface area (Å²) in [5.41, 5.74) is 0.697. The van der Waals surface area contributed by atoms with Gasteiger partial charge in [-0.1, -0.05) is 13.8 Å². The van der Waals surface area contributed by atoms with E-state index in [4.69, 9.17) is 9.47 Å². The number of nitro groups is 1. The van der Waals surface area contributed by atoms with E-state index in [2.05, 4.69) is 5.32 Å². The van der Waals surface area contributed by atoms with Crippen molar-refractivity contribution >= 4 is 11.4 Å². The molecule has 0 aliphatic rings. The lowest BCUT2D eigenvalue weighted by atomic mass is 10.2. The minimum absolute atomic E-state index is 0.0216. The standard InChI is InChI=1S/C14H22N2O4/c1-4-6-20-14-8-12(7-13(9-14)16(17)18)15-11(5-2)10-19-3/h7-9,11,15H,4-6,10H2,1-3H3. The molecule has 0 radical (unpaired) electrons. The van der Waals surface area contributed by atoms with E-state index in [-0.39, 0.29) is 11.7 Å². The summed E-state index contributed by atoms with van der Waals surface area (Å²) in [7, 11) is 1.63. The second-order valence-corrected chi connectivity index (χ2v) is 4.53. The third-order valence-corrected chi connectivity index (χ3v) is 2.81. The number of nitrogens with one attached hydrogen (secondary N) is 1. The number of methoxy groups -OCH3 is 1. The van der Waals surface area contributed by atoms with E-state index >= 15 is 0 Å². The minimum atomic E-state index is -0.415. The van der Waals surface area contributed by atoms with Crippen molar-refractivity contribution in [2.45, 2.75) is 32.7 Å². The maximum atomic E-state index is 11.0. The highest BCUT2D eigenvalue weighted by molar-refractivity contribution is 5.56. The minimum Gasteiger partial charge on any atom is -0.493 e. The average Bonchev–Trinajstić information content (AvgIpc) is 2.44. The second kappa shape index (κ2) is 8.37. The number of rotatable bonds is 9. The first-order valence-corrected chi connectivity index (χ1v) is 6.78. The first-order chi connectivity index (χ1) is 9.60. The molecule has 20 heavy (non-hydrogen) atoms. The van der Waals surface area contributed by atoms with E-state index in [0.29, 0.717) is 24.7 Å². The van der Waals surface area contributed by atoms with Crippen molar-refractivity contribution in [3.63, 3.8) is 0 Å². The summed E-state index contributed by atoms with van der Waals surface area (Å²) in [6, 6.07) is 4.84. The molecule has 0 aliphatic carbocycles. The van der Waals surface area contributed by atoms with Gasteiger partial charge in [0.2, 0.25) is 0 Å². The van der Waals surface area contributed by atoms with Crippen LogP contribution in [0, 0.1) is 10.1 Å². The highest BCUT2D eigenvalue weighted by atomic mass is 16.6. The molecule has 6 heteroatoms. The molecule has 0 spiro atoms. The third kappa shape index (κ3) is 5.05. The summed E-state index contributed by atoms with van der Waals surface area (Å²) < 4.78 is 10.6.